The van der Waals surface area contributed by atoms with Crippen molar-refractivity contribution in [3.63, 3.8) is 0 Å². The van der Waals surface area contributed by atoms with Gasteiger partial charge in [0.25, 0.3) is 0 Å². The molecule has 0 aliphatic rings. The summed E-state index contributed by atoms with van der Waals surface area (Å²) in [4.78, 5) is 12.0. The number of benzene rings is 1. The van der Waals surface area contributed by atoms with Crippen LogP contribution in [0, 0.1) is 6.92 Å². The van der Waals surface area contributed by atoms with Crippen molar-refractivity contribution < 1.29 is 9.53 Å². The average Bonchev–Trinajstić information content (AvgIpc) is 2.43. The number of hydrogen-bond donors (Lipinski definition) is 0. The Hall–Kier alpha value is -1.54. The van der Waals surface area contributed by atoms with Crippen molar-refractivity contribution in [2.75, 3.05) is 6.61 Å². The highest BCUT2D eigenvalue weighted by atomic mass is 35.5. The van der Waals surface area contributed by atoms with Crippen LogP contribution in [0.15, 0.2) is 42.5 Å². The van der Waals surface area contributed by atoms with Crippen LogP contribution in [0.3, 0.4) is 0 Å². The largest absolute Gasteiger partial charge is 0.463 e. The predicted molar refractivity (Wildman–Crippen MR) is 84.6 cm³/mol. The zero-order valence-corrected chi connectivity index (χ0v) is 12.9. The van der Waals surface area contributed by atoms with E-state index in [1.54, 1.807) is 6.92 Å². The molecule has 0 heterocycles. The standard InChI is InChI=1S/C17H21ClO2/c1-4-6-7-11-15(17(19)20-5-2)16(18)14-10-8-9-13(3)12-14/h4,8-10,12H,1,5-7,11H2,2-3H3/b16-15-. The van der Waals surface area contributed by atoms with Gasteiger partial charge >= 0.3 is 5.97 Å². The van der Waals surface area contributed by atoms with Crippen LogP contribution in [-0.4, -0.2) is 12.6 Å². The number of hydrogen-bond acceptors (Lipinski definition) is 2. The van der Waals surface area contributed by atoms with Crippen molar-refractivity contribution in [1.29, 1.82) is 0 Å². The van der Waals surface area contributed by atoms with Gasteiger partial charge in [-0.05, 0) is 38.7 Å². The molecule has 0 aromatic heterocycles. The van der Waals surface area contributed by atoms with E-state index in [4.69, 9.17) is 16.3 Å². The summed E-state index contributed by atoms with van der Waals surface area (Å²) in [5.74, 6) is -0.330. The molecule has 0 bridgehead atoms. The number of carbonyl (C=O) groups is 1. The van der Waals surface area contributed by atoms with Gasteiger partial charge in [0.1, 0.15) is 0 Å². The Morgan fingerprint density at radius 3 is 2.80 bits per heavy atom. The molecule has 0 fully saturated rings. The van der Waals surface area contributed by atoms with Crippen molar-refractivity contribution in [1.82, 2.24) is 0 Å². The lowest BCUT2D eigenvalue weighted by Gasteiger charge is -2.10. The minimum Gasteiger partial charge on any atom is -0.463 e. The van der Waals surface area contributed by atoms with Crippen LogP contribution in [0.1, 0.15) is 37.3 Å². The van der Waals surface area contributed by atoms with Crippen LogP contribution in [0.5, 0.6) is 0 Å². The van der Waals surface area contributed by atoms with E-state index in [0.717, 1.165) is 24.0 Å². The summed E-state index contributed by atoms with van der Waals surface area (Å²) in [6, 6.07) is 7.80. The molecule has 1 rings (SSSR count). The highest BCUT2D eigenvalue weighted by Crippen LogP contribution is 2.27. The lowest BCUT2D eigenvalue weighted by atomic mass is 10.0. The molecule has 0 aliphatic heterocycles. The third kappa shape index (κ3) is 4.86. The van der Waals surface area contributed by atoms with E-state index in [9.17, 15) is 4.79 Å². The fourth-order valence-corrected chi connectivity index (χ4v) is 2.19. The fourth-order valence-electron chi connectivity index (χ4n) is 1.90. The van der Waals surface area contributed by atoms with Gasteiger partial charge in [-0.3, -0.25) is 0 Å². The highest BCUT2D eigenvalue weighted by Gasteiger charge is 2.16. The molecule has 20 heavy (non-hydrogen) atoms. The molecule has 0 amide bonds. The van der Waals surface area contributed by atoms with Crippen LogP contribution in [0.25, 0.3) is 5.03 Å². The van der Waals surface area contributed by atoms with Gasteiger partial charge in [-0.15, -0.1) is 6.58 Å². The second kappa shape index (κ2) is 8.60. The molecule has 2 nitrogen and oxygen atoms in total. The third-order valence-corrected chi connectivity index (χ3v) is 3.34. The molecule has 0 saturated carbocycles. The lowest BCUT2D eigenvalue weighted by Crippen LogP contribution is -2.09. The van der Waals surface area contributed by atoms with Gasteiger partial charge in [-0.25, -0.2) is 4.79 Å². The van der Waals surface area contributed by atoms with Crippen molar-refractivity contribution in [2.24, 2.45) is 0 Å². The van der Waals surface area contributed by atoms with E-state index in [1.165, 1.54) is 0 Å². The summed E-state index contributed by atoms with van der Waals surface area (Å²) in [5.41, 5.74) is 2.50. The summed E-state index contributed by atoms with van der Waals surface area (Å²) in [7, 11) is 0. The van der Waals surface area contributed by atoms with E-state index in [-0.39, 0.29) is 5.97 Å². The first-order valence-corrected chi connectivity index (χ1v) is 7.21. The third-order valence-electron chi connectivity index (χ3n) is 2.89. The van der Waals surface area contributed by atoms with Gasteiger partial charge < -0.3 is 4.74 Å². The minimum absolute atomic E-state index is 0.330. The molecular formula is C17H21ClO2. The van der Waals surface area contributed by atoms with Crippen molar-refractivity contribution >= 4 is 22.6 Å². The van der Waals surface area contributed by atoms with E-state index < -0.39 is 0 Å². The number of aryl methyl sites for hydroxylation is 1. The maximum atomic E-state index is 12.0. The number of unbranched alkanes of at least 4 members (excludes halogenated alkanes) is 1. The molecule has 1 aromatic rings. The van der Waals surface area contributed by atoms with Crippen LogP contribution in [-0.2, 0) is 9.53 Å². The van der Waals surface area contributed by atoms with Crippen LogP contribution in [0.2, 0.25) is 0 Å². The Balaban J connectivity index is 3.07. The number of halogens is 1. The maximum Gasteiger partial charge on any atom is 0.335 e. The molecule has 0 atom stereocenters. The topological polar surface area (TPSA) is 26.3 Å². The van der Waals surface area contributed by atoms with E-state index in [2.05, 4.69) is 6.58 Å². The number of esters is 1. The molecule has 0 N–H and O–H groups in total. The molecule has 1 aromatic carbocycles. The molecule has 108 valence electrons. The van der Waals surface area contributed by atoms with Gasteiger partial charge in [0.2, 0.25) is 0 Å². The number of rotatable bonds is 7. The maximum absolute atomic E-state index is 12.0. The first-order chi connectivity index (χ1) is 9.60. The highest BCUT2D eigenvalue weighted by molar-refractivity contribution is 6.50. The Morgan fingerprint density at radius 2 is 2.20 bits per heavy atom. The monoisotopic (exact) mass is 292 g/mol. The Labute approximate surface area is 126 Å². The predicted octanol–water partition coefficient (Wildman–Crippen LogP) is 4.86. The minimum atomic E-state index is -0.330. The SMILES string of the molecule is C=CCCC/C(C(=O)OCC)=C(/Cl)c1cccc(C)c1. The summed E-state index contributed by atoms with van der Waals surface area (Å²) in [6.07, 6.45) is 4.11. The van der Waals surface area contributed by atoms with Crippen LogP contribution in [0.4, 0.5) is 0 Å². The normalized spacial score (nSPS) is 11.8. The van der Waals surface area contributed by atoms with Gasteiger partial charge in [0.05, 0.1) is 17.2 Å². The number of ether oxygens (including phenoxy) is 1. The van der Waals surface area contributed by atoms with Crippen LogP contribution < -0.4 is 0 Å². The first-order valence-electron chi connectivity index (χ1n) is 6.83. The first kappa shape index (κ1) is 16.5. The van der Waals surface area contributed by atoms with Gasteiger partial charge in [0, 0.05) is 0 Å². The number of allylic oxidation sites excluding steroid dienone is 1. The van der Waals surface area contributed by atoms with Crippen molar-refractivity contribution in [2.45, 2.75) is 33.1 Å². The fraction of sp³-hybridized carbons (Fsp3) is 0.353. The molecule has 0 aliphatic carbocycles. The quantitative estimate of drug-likeness (QED) is 0.310. The molecule has 0 unspecified atom stereocenters. The average molecular weight is 293 g/mol. The smallest absolute Gasteiger partial charge is 0.335 e. The summed E-state index contributed by atoms with van der Waals surface area (Å²) in [5, 5.41) is 0.483. The Bertz CT molecular complexity index is 503. The van der Waals surface area contributed by atoms with Crippen molar-refractivity contribution in [3.05, 3.63) is 53.6 Å². The number of carbonyl (C=O) groups excluding carboxylic acids is 1. The molecular weight excluding hydrogens is 272 g/mol. The van der Waals surface area contributed by atoms with Gasteiger partial charge in [-0.1, -0.05) is 47.5 Å². The Kier molecular flexibility index (Phi) is 7.10. The van der Waals surface area contributed by atoms with Crippen molar-refractivity contribution in [3.8, 4) is 0 Å². The summed E-state index contributed by atoms with van der Waals surface area (Å²) in [6.45, 7) is 7.82. The lowest BCUT2D eigenvalue weighted by molar-refractivity contribution is -0.138. The summed E-state index contributed by atoms with van der Waals surface area (Å²) < 4.78 is 5.10. The molecule has 0 saturated heterocycles. The van der Waals surface area contributed by atoms with Gasteiger partial charge in [-0.2, -0.15) is 0 Å². The second-order valence-corrected chi connectivity index (χ2v) is 4.94. The molecule has 3 heteroatoms. The van der Waals surface area contributed by atoms with E-state index >= 15 is 0 Å². The molecule has 0 spiro atoms. The zero-order chi connectivity index (χ0) is 15.0. The van der Waals surface area contributed by atoms with Crippen LogP contribution >= 0.6 is 11.6 Å². The second-order valence-electron chi connectivity index (χ2n) is 4.56. The van der Waals surface area contributed by atoms with Gasteiger partial charge in [0.15, 0.2) is 0 Å². The van der Waals surface area contributed by atoms with E-state index in [1.807, 2.05) is 37.3 Å². The molecule has 0 radical (unpaired) electrons. The zero-order valence-electron chi connectivity index (χ0n) is 12.1. The Morgan fingerprint density at radius 1 is 1.45 bits per heavy atom. The summed E-state index contributed by atoms with van der Waals surface area (Å²) >= 11 is 6.41. The van der Waals surface area contributed by atoms with E-state index in [0.29, 0.717) is 23.6 Å².